The second kappa shape index (κ2) is 11.9. The van der Waals surface area contributed by atoms with Crippen LogP contribution in [0.4, 0.5) is 5.69 Å². The topological polar surface area (TPSA) is 86.8 Å². The molecule has 0 aromatic heterocycles. The summed E-state index contributed by atoms with van der Waals surface area (Å²) in [6.07, 6.45) is 0. The van der Waals surface area contributed by atoms with Gasteiger partial charge >= 0.3 is 0 Å². The summed E-state index contributed by atoms with van der Waals surface area (Å²) in [5, 5.41) is 2.90. The number of likely N-dealkylation sites (N-methyl/N-ethyl adjacent to an activating group) is 1. The number of amides is 2. The first-order chi connectivity index (χ1) is 17.0. The van der Waals surface area contributed by atoms with Gasteiger partial charge in [-0.1, -0.05) is 63.9 Å². The van der Waals surface area contributed by atoms with Crippen molar-refractivity contribution in [2.75, 3.05) is 17.9 Å². The van der Waals surface area contributed by atoms with Gasteiger partial charge in [-0.3, -0.25) is 13.9 Å². The molecule has 2 amide bonds. The first kappa shape index (κ1) is 27.7. The van der Waals surface area contributed by atoms with Crippen molar-refractivity contribution in [3.05, 3.63) is 93.4 Å². The number of nitrogens with zero attached hydrogens (tertiary/aromatic N) is 2. The van der Waals surface area contributed by atoms with Crippen LogP contribution in [-0.2, 0) is 26.2 Å². The lowest BCUT2D eigenvalue weighted by molar-refractivity contribution is -0.139. The second-order valence-corrected chi connectivity index (χ2v) is 11.4. The van der Waals surface area contributed by atoms with Crippen LogP contribution >= 0.6 is 27.5 Å². The van der Waals surface area contributed by atoms with E-state index in [0.717, 1.165) is 14.3 Å². The maximum atomic E-state index is 13.7. The minimum atomic E-state index is -4.13. The molecule has 0 radical (unpaired) electrons. The molecule has 1 N–H and O–H groups in total. The maximum absolute atomic E-state index is 13.7. The molecule has 0 bridgehead atoms. The molecule has 0 unspecified atom stereocenters. The van der Waals surface area contributed by atoms with Gasteiger partial charge in [0.15, 0.2) is 0 Å². The normalized spacial score (nSPS) is 12.0. The Morgan fingerprint density at radius 2 is 1.72 bits per heavy atom. The van der Waals surface area contributed by atoms with Gasteiger partial charge in [-0.05, 0) is 61.4 Å². The fourth-order valence-electron chi connectivity index (χ4n) is 3.71. The van der Waals surface area contributed by atoms with Gasteiger partial charge in [-0.25, -0.2) is 8.42 Å². The van der Waals surface area contributed by atoms with Crippen molar-refractivity contribution >= 4 is 55.1 Å². The Hall–Kier alpha value is -2.88. The van der Waals surface area contributed by atoms with Gasteiger partial charge in [0, 0.05) is 23.1 Å². The quantitative estimate of drug-likeness (QED) is 0.388. The number of sulfonamides is 1. The lowest BCUT2D eigenvalue weighted by atomic mass is 10.1. The van der Waals surface area contributed by atoms with Crippen LogP contribution in [0, 0.1) is 6.92 Å². The van der Waals surface area contributed by atoms with E-state index < -0.39 is 28.5 Å². The highest BCUT2D eigenvalue weighted by Crippen LogP contribution is 2.30. The summed E-state index contributed by atoms with van der Waals surface area (Å²) in [5.74, 6) is -0.903. The number of carbonyl (C=O) groups excluding carboxylic acids is 2. The lowest BCUT2D eigenvalue weighted by Crippen LogP contribution is -2.50. The number of benzene rings is 3. The number of carbonyl (C=O) groups is 2. The van der Waals surface area contributed by atoms with E-state index in [-0.39, 0.29) is 23.0 Å². The monoisotopic (exact) mass is 591 g/mol. The first-order valence-electron chi connectivity index (χ1n) is 11.1. The highest BCUT2D eigenvalue weighted by Gasteiger charge is 2.33. The summed E-state index contributed by atoms with van der Waals surface area (Å²) < 4.78 is 29.4. The highest BCUT2D eigenvalue weighted by molar-refractivity contribution is 9.10. The van der Waals surface area contributed by atoms with E-state index in [1.54, 1.807) is 44.2 Å². The molecule has 36 heavy (non-hydrogen) atoms. The number of halogens is 2. The first-order valence-corrected chi connectivity index (χ1v) is 13.7. The Labute approximate surface area is 225 Å². The van der Waals surface area contributed by atoms with Crippen molar-refractivity contribution in [2.24, 2.45) is 0 Å². The van der Waals surface area contributed by atoms with E-state index in [1.165, 1.54) is 30.1 Å². The van der Waals surface area contributed by atoms with Gasteiger partial charge in [0.05, 0.1) is 10.6 Å². The average molecular weight is 593 g/mol. The standard InChI is InChI=1S/C26H27BrClN3O4S/c1-18-12-13-22(28)15-24(18)31(36(34,35)23-10-5-4-6-11-23)17-25(32)30(19(2)26(33)29-3)16-20-8-7-9-21(27)14-20/h4-15,19H,16-17H2,1-3H3,(H,29,33)/t19-/m1/s1. The van der Waals surface area contributed by atoms with Crippen LogP contribution in [-0.4, -0.2) is 44.8 Å². The number of hydrogen-bond donors (Lipinski definition) is 1. The van der Waals surface area contributed by atoms with Crippen molar-refractivity contribution < 1.29 is 18.0 Å². The summed E-state index contributed by atoms with van der Waals surface area (Å²) in [5.41, 5.74) is 1.70. The molecule has 0 fully saturated rings. The second-order valence-electron chi connectivity index (χ2n) is 8.20. The summed E-state index contributed by atoms with van der Waals surface area (Å²) in [6.45, 7) is 2.94. The number of anilines is 1. The summed E-state index contributed by atoms with van der Waals surface area (Å²) in [4.78, 5) is 27.7. The Kier molecular flexibility index (Phi) is 9.16. The molecule has 3 aromatic carbocycles. The van der Waals surface area contributed by atoms with Crippen LogP contribution in [0.3, 0.4) is 0 Å². The van der Waals surface area contributed by atoms with Gasteiger partial charge in [0.25, 0.3) is 10.0 Å². The number of rotatable bonds is 9. The van der Waals surface area contributed by atoms with Gasteiger partial charge in [0.2, 0.25) is 11.8 Å². The molecule has 0 aliphatic heterocycles. The zero-order chi connectivity index (χ0) is 26.5. The highest BCUT2D eigenvalue weighted by atomic mass is 79.9. The van der Waals surface area contributed by atoms with E-state index in [9.17, 15) is 18.0 Å². The number of nitrogens with one attached hydrogen (secondary N) is 1. The third-order valence-corrected chi connectivity index (χ3v) is 8.21. The predicted octanol–water partition coefficient (Wildman–Crippen LogP) is 4.77. The van der Waals surface area contributed by atoms with Gasteiger partial charge in [0.1, 0.15) is 12.6 Å². The molecular formula is C26H27BrClN3O4S. The van der Waals surface area contributed by atoms with Crippen molar-refractivity contribution in [3.63, 3.8) is 0 Å². The molecule has 0 saturated carbocycles. The van der Waals surface area contributed by atoms with E-state index in [4.69, 9.17) is 11.6 Å². The molecule has 0 aliphatic carbocycles. The van der Waals surface area contributed by atoms with Gasteiger partial charge in [-0.15, -0.1) is 0 Å². The van der Waals surface area contributed by atoms with E-state index >= 15 is 0 Å². The van der Waals surface area contributed by atoms with Crippen LogP contribution < -0.4 is 9.62 Å². The fraction of sp³-hybridized carbons (Fsp3) is 0.231. The summed E-state index contributed by atoms with van der Waals surface area (Å²) >= 11 is 9.64. The van der Waals surface area contributed by atoms with E-state index in [1.807, 2.05) is 24.3 Å². The molecule has 0 saturated heterocycles. The Balaban J connectivity index is 2.07. The van der Waals surface area contributed by atoms with Crippen LogP contribution in [0.5, 0.6) is 0 Å². The summed E-state index contributed by atoms with van der Waals surface area (Å²) in [7, 11) is -2.65. The largest absolute Gasteiger partial charge is 0.357 e. The predicted molar refractivity (Wildman–Crippen MR) is 145 cm³/mol. The molecule has 3 aromatic rings. The average Bonchev–Trinajstić information content (AvgIpc) is 2.86. The van der Waals surface area contributed by atoms with Crippen LogP contribution in [0.15, 0.2) is 82.2 Å². The van der Waals surface area contributed by atoms with Gasteiger partial charge < -0.3 is 10.2 Å². The Morgan fingerprint density at radius 3 is 2.36 bits per heavy atom. The molecule has 10 heteroatoms. The Bertz CT molecular complexity index is 1350. The third kappa shape index (κ3) is 6.46. The minimum absolute atomic E-state index is 0.0371. The van der Waals surface area contributed by atoms with E-state index in [2.05, 4.69) is 21.2 Å². The molecular weight excluding hydrogens is 566 g/mol. The summed E-state index contributed by atoms with van der Waals surface area (Å²) in [6, 6.07) is 19.3. The van der Waals surface area contributed by atoms with Gasteiger partial charge in [-0.2, -0.15) is 0 Å². The van der Waals surface area contributed by atoms with Crippen molar-refractivity contribution in [2.45, 2.75) is 31.3 Å². The molecule has 190 valence electrons. The van der Waals surface area contributed by atoms with Crippen LogP contribution in [0.2, 0.25) is 5.02 Å². The van der Waals surface area contributed by atoms with Crippen LogP contribution in [0.25, 0.3) is 0 Å². The van der Waals surface area contributed by atoms with Crippen molar-refractivity contribution in [3.8, 4) is 0 Å². The molecule has 0 spiro atoms. The third-order valence-electron chi connectivity index (χ3n) is 5.71. The minimum Gasteiger partial charge on any atom is -0.357 e. The van der Waals surface area contributed by atoms with E-state index in [0.29, 0.717) is 10.6 Å². The molecule has 3 rings (SSSR count). The number of aryl methyl sites for hydroxylation is 1. The van der Waals surface area contributed by atoms with Crippen LogP contribution in [0.1, 0.15) is 18.1 Å². The van der Waals surface area contributed by atoms with Crippen molar-refractivity contribution in [1.29, 1.82) is 0 Å². The SMILES string of the molecule is CNC(=O)[C@@H](C)N(Cc1cccc(Br)c1)C(=O)CN(c1cc(Cl)ccc1C)S(=O)(=O)c1ccccc1. The zero-order valence-corrected chi connectivity index (χ0v) is 23.3. The molecule has 7 nitrogen and oxygen atoms in total. The maximum Gasteiger partial charge on any atom is 0.264 e. The zero-order valence-electron chi connectivity index (χ0n) is 20.1. The number of hydrogen-bond acceptors (Lipinski definition) is 4. The smallest absolute Gasteiger partial charge is 0.264 e. The Morgan fingerprint density at radius 1 is 1.03 bits per heavy atom. The fourth-order valence-corrected chi connectivity index (χ4v) is 5.81. The van der Waals surface area contributed by atoms with Crippen molar-refractivity contribution in [1.82, 2.24) is 10.2 Å². The lowest BCUT2D eigenvalue weighted by Gasteiger charge is -2.32. The molecule has 0 heterocycles. The molecule has 0 aliphatic rings. The molecule has 1 atom stereocenters.